The first-order valence-corrected chi connectivity index (χ1v) is 9.13. The minimum Gasteiger partial charge on any atom is -0.347 e. The van der Waals surface area contributed by atoms with Gasteiger partial charge in [0.15, 0.2) is 5.13 Å². The highest BCUT2D eigenvalue weighted by Gasteiger charge is 2.31. The number of likely N-dealkylation sites (tertiary alicyclic amines) is 1. The highest BCUT2D eigenvalue weighted by atomic mass is 32.1. The molecule has 6 heteroatoms. The van der Waals surface area contributed by atoms with Crippen LogP contribution in [-0.2, 0) is 4.79 Å². The van der Waals surface area contributed by atoms with Gasteiger partial charge in [0, 0.05) is 26.2 Å². The van der Waals surface area contributed by atoms with Crippen molar-refractivity contribution in [1.29, 1.82) is 0 Å². The van der Waals surface area contributed by atoms with E-state index in [2.05, 4.69) is 9.88 Å². The van der Waals surface area contributed by atoms with Gasteiger partial charge >= 0.3 is 0 Å². The molecule has 1 aromatic carbocycles. The van der Waals surface area contributed by atoms with Crippen LogP contribution >= 0.6 is 11.3 Å². The molecule has 23 heavy (non-hydrogen) atoms. The second-order valence-corrected chi connectivity index (χ2v) is 7.41. The van der Waals surface area contributed by atoms with Gasteiger partial charge in [-0.05, 0) is 37.8 Å². The minimum atomic E-state index is -0.272. The maximum Gasteiger partial charge on any atom is 0.227 e. The summed E-state index contributed by atoms with van der Waals surface area (Å²) in [7, 11) is 0. The summed E-state index contributed by atoms with van der Waals surface area (Å²) >= 11 is 1.51. The number of para-hydroxylation sites is 1. The number of anilines is 1. The third-order valence-corrected chi connectivity index (χ3v) is 5.90. The lowest BCUT2D eigenvalue weighted by Crippen LogP contribution is -2.44. The Kier molecular flexibility index (Phi) is 3.93. The zero-order chi connectivity index (χ0) is 15.8. The zero-order valence-corrected chi connectivity index (χ0v) is 13.8. The molecule has 0 aliphatic carbocycles. The van der Waals surface area contributed by atoms with Crippen LogP contribution in [0.5, 0.6) is 0 Å². The number of hydrogen-bond donors (Lipinski definition) is 0. The highest BCUT2D eigenvalue weighted by molar-refractivity contribution is 7.22. The van der Waals surface area contributed by atoms with E-state index in [0.29, 0.717) is 18.0 Å². The van der Waals surface area contributed by atoms with Crippen LogP contribution in [0, 0.1) is 11.7 Å². The van der Waals surface area contributed by atoms with Crippen molar-refractivity contribution < 1.29 is 9.18 Å². The van der Waals surface area contributed by atoms with Gasteiger partial charge in [-0.3, -0.25) is 4.79 Å². The molecular weight excluding hydrogens is 313 g/mol. The van der Waals surface area contributed by atoms with E-state index in [1.165, 1.54) is 17.4 Å². The number of aromatic nitrogens is 1. The van der Waals surface area contributed by atoms with Crippen molar-refractivity contribution in [3.63, 3.8) is 0 Å². The van der Waals surface area contributed by atoms with E-state index in [0.717, 1.165) is 55.1 Å². The standard InChI is InChI=1S/C17H20FN3OS/c18-13-6-3-7-14-15(13)19-17(23-14)21-10-4-5-12(11-21)16(22)20-8-1-2-9-20/h3,6-7,12H,1-2,4-5,8-11H2. The van der Waals surface area contributed by atoms with Crippen LogP contribution in [0.15, 0.2) is 18.2 Å². The number of piperidine rings is 1. The van der Waals surface area contributed by atoms with Crippen molar-refractivity contribution in [2.75, 3.05) is 31.1 Å². The van der Waals surface area contributed by atoms with Gasteiger partial charge in [0.05, 0.1) is 10.6 Å². The van der Waals surface area contributed by atoms with E-state index in [1.54, 1.807) is 6.07 Å². The lowest BCUT2D eigenvalue weighted by atomic mass is 9.97. The van der Waals surface area contributed by atoms with E-state index >= 15 is 0 Å². The summed E-state index contributed by atoms with van der Waals surface area (Å²) in [4.78, 5) is 21.3. The van der Waals surface area contributed by atoms with E-state index in [1.807, 2.05) is 11.0 Å². The molecule has 4 nitrogen and oxygen atoms in total. The molecule has 2 aliphatic rings. The summed E-state index contributed by atoms with van der Waals surface area (Å²) in [5.74, 6) is 0.0740. The molecule has 1 unspecified atom stereocenters. The van der Waals surface area contributed by atoms with Crippen LogP contribution in [0.1, 0.15) is 25.7 Å². The number of benzene rings is 1. The van der Waals surface area contributed by atoms with Crippen molar-refractivity contribution in [3.8, 4) is 0 Å². The van der Waals surface area contributed by atoms with Crippen molar-refractivity contribution >= 4 is 32.6 Å². The molecule has 0 spiro atoms. The van der Waals surface area contributed by atoms with Crippen LogP contribution in [-0.4, -0.2) is 42.0 Å². The van der Waals surface area contributed by atoms with E-state index in [-0.39, 0.29) is 11.7 Å². The molecule has 122 valence electrons. The Hall–Kier alpha value is -1.69. The fraction of sp³-hybridized carbons (Fsp3) is 0.529. The van der Waals surface area contributed by atoms with Gasteiger partial charge in [0.2, 0.25) is 5.91 Å². The number of hydrogen-bond acceptors (Lipinski definition) is 4. The number of amides is 1. The Labute approximate surface area is 138 Å². The lowest BCUT2D eigenvalue weighted by Gasteiger charge is -2.33. The number of rotatable bonds is 2. The lowest BCUT2D eigenvalue weighted by molar-refractivity contribution is -0.134. The number of fused-ring (bicyclic) bond motifs is 1. The summed E-state index contributed by atoms with van der Waals surface area (Å²) in [6.45, 7) is 3.41. The first-order chi connectivity index (χ1) is 11.2. The largest absolute Gasteiger partial charge is 0.347 e. The van der Waals surface area contributed by atoms with Gasteiger partial charge in [-0.25, -0.2) is 9.37 Å². The molecule has 2 saturated heterocycles. The third kappa shape index (κ3) is 2.80. The second-order valence-electron chi connectivity index (χ2n) is 6.40. The minimum absolute atomic E-state index is 0.0544. The first-order valence-electron chi connectivity index (χ1n) is 8.31. The van der Waals surface area contributed by atoms with E-state index < -0.39 is 0 Å². The predicted octanol–water partition coefficient (Wildman–Crippen LogP) is 3.27. The van der Waals surface area contributed by atoms with Crippen molar-refractivity contribution in [2.45, 2.75) is 25.7 Å². The molecule has 1 atom stereocenters. The molecule has 0 N–H and O–H groups in total. The zero-order valence-electron chi connectivity index (χ0n) is 13.0. The number of carbonyl (C=O) groups is 1. The maximum atomic E-state index is 13.8. The molecule has 3 heterocycles. The smallest absolute Gasteiger partial charge is 0.227 e. The number of thiazole rings is 1. The Morgan fingerprint density at radius 2 is 2.04 bits per heavy atom. The molecule has 0 radical (unpaired) electrons. The fourth-order valence-electron chi connectivity index (χ4n) is 3.59. The molecule has 4 rings (SSSR count). The topological polar surface area (TPSA) is 36.4 Å². The Morgan fingerprint density at radius 3 is 2.83 bits per heavy atom. The fourth-order valence-corrected chi connectivity index (χ4v) is 4.60. The summed E-state index contributed by atoms with van der Waals surface area (Å²) < 4.78 is 14.7. The molecule has 1 aromatic heterocycles. The maximum absolute atomic E-state index is 13.8. The monoisotopic (exact) mass is 333 g/mol. The molecule has 0 bridgehead atoms. The molecular formula is C17H20FN3OS. The normalized spacial score (nSPS) is 22.0. The average molecular weight is 333 g/mol. The molecule has 1 amide bonds. The molecule has 2 fully saturated rings. The van der Waals surface area contributed by atoms with Crippen LogP contribution in [0.4, 0.5) is 9.52 Å². The van der Waals surface area contributed by atoms with Crippen LogP contribution < -0.4 is 4.90 Å². The van der Waals surface area contributed by atoms with Crippen LogP contribution in [0.2, 0.25) is 0 Å². The van der Waals surface area contributed by atoms with Crippen molar-refractivity contribution in [2.24, 2.45) is 5.92 Å². The Morgan fingerprint density at radius 1 is 1.22 bits per heavy atom. The van der Waals surface area contributed by atoms with Gasteiger partial charge < -0.3 is 9.80 Å². The van der Waals surface area contributed by atoms with Crippen molar-refractivity contribution in [3.05, 3.63) is 24.0 Å². The van der Waals surface area contributed by atoms with E-state index in [4.69, 9.17) is 0 Å². The highest BCUT2D eigenvalue weighted by Crippen LogP contribution is 2.33. The second kappa shape index (κ2) is 6.07. The summed E-state index contributed by atoms with van der Waals surface area (Å²) in [5.41, 5.74) is 0.445. The first kappa shape index (κ1) is 14.9. The van der Waals surface area contributed by atoms with Crippen LogP contribution in [0.25, 0.3) is 10.2 Å². The SMILES string of the molecule is O=C(C1CCCN(c2nc3c(F)cccc3s2)C1)N1CCCC1. The quantitative estimate of drug-likeness (QED) is 0.846. The van der Waals surface area contributed by atoms with Gasteiger partial charge in [0.1, 0.15) is 11.3 Å². The number of halogens is 1. The molecule has 2 aromatic rings. The molecule has 0 saturated carbocycles. The van der Waals surface area contributed by atoms with Gasteiger partial charge in [-0.1, -0.05) is 17.4 Å². The van der Waals surface area contributed by atoms with Gasteiger partial charge in [-0.15, -0.1) is 0 Å². The van der Waals surface area contributed by atoms with Gasteiger partial charge in [-0.2, -0.15) is 0 Å². The van der Waals surface area contributed by atoms with Crippen LogP contribution in [0.3, 0.4) is 0 Å². The summed E-state index contributed by atoms with van der Waals surface area (Å²) in [6, 6.07) is 5.06. The Bertz CT molecular complexity index is 726. The summed E-state index contributed by atoms with van der Waals surface area (Å²) in [6.07, 6.45) is 4.19. The Balaban J connectivity index is 1.54. The van der Waals surface area contributed by atoms with E-state index in [9.17, 15) is 9.18 Å². The van der Waals surface area contributed by atoms with Crippen molar-refractivity contribution in [1.82, 2.24) is 9.88 Å². The average Bonchev–Trinajstić information content (AvgIpc) is 3.24. The molecule has 2 aliphatic heterocycles. The number of nitrogens with zero attached hydrogens (tertiary/aromatic N) is 3. The van der Waals surface area contributed by atoms with Gasteiger partial charge in [0.25, 0.3) is 0 Å². The predicted molar refractivity (Wildman–Crippen MR) is 90.3 cm³/mol. The number of carbonyl (C=O) groups excluding carboxylic acids is 1. The third-order valence-electron chi connectivity index (χ3n) is 4.82. The summed E-state index contributed by atoms with van der Waals surface area (Å²) in [5, 5.41) is 0.837.